The van der Waals surface area contributed by atoms with Crippen LogP contribution in [0.4, 0.5) is 5.69 Å². The van der Waals surface area contributed by atoms with Gasteiger partial charge in [-0.1, -0.05) is 24.3 Å². The first kappa shape index (κ1) is 18.4. The van der Waals surface area contributed by atoms with E-state index in [4.69, 9.17) is 4.74 Å². The molecule has 0 atom stereocenters. The van der Waals surface area contributed by atoms with Crippen molar-refractivity contribution in [2.45, 2.75) is 11.4 Å². The van der Waals surface area contributed by atoms with Gasteiger partial charge in [0.15, 0.2) is 0 Å². The van der Waals surface area contributed by atoms with Gasteiger partial charge in [0.2, 0.25) is 10.0 Å². The Labute approximate surface area is 157 Å². The number of hydrogen-bond acceptors (Lipinski definition) is 4. The molecule has 0 radical (unpaired) electrons. The molecule has 0 N–H and O–H groups in total. The molecule has 0 bridgehead atoms. The van der Waals surface area contributed by atoms with Gasteiger partial charge in [0, 0.05) is 36.8 Å². The highest BCUT2D eigenvalue weighted by Gasteiger charge is 2.23. The van der Waals surface area contributed by atoms with E-state index in [1.54, 1.807) is 31.3 Å². The predicted octanol–water partition coefficient (Wildman–Crippen LogP) is 3.11. The van der Waals surface area contributed by atoms with E-state index in [1.165, 1.54) is 4.31 Å². The highest BCUT2D eigenvalue weighted by molar-refractivity contribution is 9.10. The second-order valence-corrected chi connectivity index (χ2v) is 8.83. The van der Waals surface area contributed by atoms with Crippen LogP contribution in [-0.4, -0.2) is 46.1 Å². The molecule has 0 unspecified atom stereocenters. The zero-order chi connectivity index (χ0) is 17.9. The van der Waals surface area contributed by atoms with Crippen LogP contribution in [0.15, 0.2) is 57.9 Å². The van der Waals surface area contributed by atoms with Crippen molar-refractivity contribution in [2.75, 3.05) is 38.3 Å². The monoisotopic (exact) mass is 424 g/mol. The van der Waals surface area contributed by atoms with Crippen LogP contribution in [0, 0.1) is 0 Å². The number of rotatable bonds is 5. The number of morpholine rings is 1. The molecule has 0 saturated carbocycles. The van der Waals surface area contributed by atoms with E-state index in [0.29, 0.717) is 11.0 Å². The third kappa shape index (κ3) is 4.23. The topological polar surface area (TPSA) is 49.9 Å². The van der Waals surface area contributed by atoms with Crippen LogP contribution in [0.5, 0.6) is 0 Å². The standard InChI is InChI=1S/C18H21BrN2O3S/c1-20(25(22,23)18-5-3-2-4-17(18)19)14-15-6-8-16(9-7-15)21-10-12-24-13-11-21/h2-9H,10-14H2,1H3. The fourth-order valence-electron chi connectivity index (χ4n) is 2.80. The Hall–Kier alpha value is -1.41. The molecule has 2 aromatic carbocycles. The lowest BCUT2D eigenvalue weighted by Gasteiger charge is -2.29. The number of benzene rings is 2. The third-order valence-corrected chi connectivity index (χ3v) is 7.06. The average Bonchev–Trinajstić information content (AvgIpc) is 2.63. The van der Waals surface area contributed by atoms with Crippen molar-refractivity contribution >= 4 is 31.6 Å². The Bertz CT molecular complexity index is 818. The summed E-state index contributed by atoms with van der Waals surface area (Å²) in [7, 11) is -1.94. The lowest BCUT2D eigenvalue weighted by atomic mass is 10.2. The molecule has 1 fully saturated rings. The Morgan fingerprint density at radius 3 is 2.36 bits per heavy atom. The van der Waals surface area contributed by atoms with Crippen LogP contribution in [0.3, 0.4) is 0 Å². The summed E-state index contributed by atoms with van der Waals surface area (Å²) in [6.07, 6.45) is 0. The average molecular weight is 425 g/mol. The molecule has 134 valence electrons. The molecule has 0 aliphatic carbocycles. The molecule has 2 aromatic rings. The van der Waals surface area contributed by atoms with E-state index in [9.17, 15) is 8.42 Å². The van der Waals surface area contributed by atoms with Gasteiger partial charge in [-0.3, -0.25) is 0 Å². The molecule has 3 rings (SSSR count). The lowest BCUT2D eigenvalue weighted by molar-refractivity contribution is 0.122. The first-order chi connectivity index (χ1) is 12.0. The zero-order valence-corrected chi connectivity index (χ0v) is 16.5. The molecular formula is C18H21BrN2O3S. The Morgan fingerprint density at radius 1 is 1.08 bits per heavy atom. The smallest absolute Gasteiger partial charge is 0.244 e. The quantitative estimate of drug-likeness (QED) is 0.739. The van der Waals surface area contributed by atoms with Crippen molar-refractivity contribution in [3.8, 4) is 0 Å². The van der Waals surface area contributed by atoms with Crippen LogP contribution in [0.2, 0.25) is 0 Å². The maximum atomic E-state index is 12.7. The number of hydrogen-bond donors (Lipinski definition) is 0. The molecule has 1 aliphatic heterocycles. The van der Waals surface area contributed by atoms with Crippen molar-refractivity contribution in [3.05, 3.63) is 58.6 Å². The SMILES string of the molecule is CN(Cc1ccc(N2CCOCC2)cc1)S(=O)(=O)c1ccccc1Br. The first-order valence-corrected chi connectivity index (χ1v) is 10.3. The second-order valence-electron chi connectivity index (χ2n) is 5.96. The summed E-state index contributed by atoms with van der Waals surface area (Å²) >= 11 is 3.32. The summed E-state index contributed by atoms with van der Waals surface area (Å²) < 4.78 is 32.8. The number of anilines is 1. The second kappa shape index (κ2) is 7.86. The maximum Gasteiger partial charge on any atom is 0.244 e. The molecule has 1 heterocycles. The number of halogens is 1. The third-order valence-electron chi connectivity index (χ3n) is 4.24. The van der Waals surface area contributed by atoms with Gasteiger partial charge in [0.25, 0.3) is 0 Å². The predicted molar refractivity (Wildman–Crippen MR) is 102 cm³/mol. The van der Waals surface area contributed by atoms with Crippen LogP contribution in [0.25, 0.3) is 0 Å². The van der Waals surface area contributed by atoms with Crippen molar-refractivity contribution in [3.63, 3.8) is 0 Å². The molecule has 1 aliphatic rings. The minimum absolute atomic E-state index is 0.280. The van der Waals surface area contributed by atoms with Gasteiger partial charge in [-0.2, -0.15) is 4.31 Å². The largest absolute Gasteiger partial charge is 0.378 e. The van der Waals surface area contributed by atoms with Crippen molar-refractivity contribution < 1.29 is 13.2 Å². The maximum absolute atomic E-state index is 12.7. The van der Waals surface area contributed by atoms with E-state index in [2.05, 4.69) is 20.8 Å². The molecular weight excluding hydrogens is 404 g/mol. The van der Waals surface area contributed by atoms with E-state index in [1.807, 2.05) is 24.3 Å². The minimum atomic E-state index is -3.54. The molecule has 1 saturated heterocycles. The summed E-state index contributed by atoms with van der Waals surface area (Å²) in [6, 6.07) is 14.9. The summed E-state index contributed by atoms with van der Waals surface area (Å²) in [5, 5.41) is 0. The van der Waals surface area contributed by atoms with Gasteiger partial charge < -0.3 is 9.64 Å². The van der Waals surface area contributed by atoms with E-state index in [0.717, 1.165) is 37.6 Å². The molecule has 7 heteroatoms. The van der Waals surface area contributed by atoms with Gasteiger partial charge in [0.05, 0.1) is 18.1 Å². The Morgan fingerprint density at radius 2 is 1.72 bits per heavy atom. The fraction of sp³-hybridized carbons (Fsp3) is 0.333. The van der Waals surface area contributed by atoms with Gasteiger partial charge in [-0.05, 0) is 45.8 Å². The highest BCUT2D eigenvalue weighted by Crippen LogP contribution is 2.25. The van der Waals surface area contributed by atoms with E-state index >= 15 is 0 Å². The minimum Gasteiger partial charge on any atom is -0.378 e. The highest BCUT2D eigenvalue weighted by atomic mass is 79.9. The Kier molecular flexibility index (Phi) is 5.78. The zero-order valence-electron chi connectivity index (χ0n) is 14.1. The van der Waals surface area contributed by atoms with Crippen LogP contribution in [0.1, 0.15) is 5.56 Å². The first-order valence-electron chi connectivity index (χ1n) is 8.11. The van der Waals surface area contributed by atoms with Gasteiger partial charge in [0.1, 0.15) is 0 Å². The molecule has 0 amide bonds. The number of nitrogens with zero attached hydrogens (tertiary/aromatic N) is 2. The van der Waals surface area contributed by atoms with Gasteiger partial charge >= 0.3 is 0 Å². The van der Waals surface area contributed by atoms with Crippen molar-refractivity contribution in [2.24, 2.45) is 0 Å². The summed E-state index contributed by atoms with van der Waals surface area (Å²) in [6.45, 7) is 3.59. The lowest BCUT2D eigenvalue weighted by Crippen LogP contribution is -2.36. The van der Waals surface area contributed by atoms with Crippen LogP contribution in [-0.2, 0) is 21.3 Å². The van der Waals surface area contributed by atoms with Crippen LogP contribution < -0.4 is 4.90 Å². The fourth-order valence-corrected chi connectivity index (χ4v) is 4.92. The summed E-state index contributed by atoms with van der Waals surface area (Å²) in [5.41, 5.74) is 2.10. The molecule has 25 heavy (non-hydrogen) atoms. The summed E-state index contributed by atoms with van der Waals surface area (Å²) in [5.74, 6) is 0. The molecule has 5 nitrogen and oxygen atoms in total. The van der Waals surface area contributed by atoms with E-state index in [-0.39, 0.29) is 4.90 Å². The molecule has 0 spiro atoms. The number of sulfonamides is 1. The Balaban J connectivity index is 1.72. The van der Waals surface area contributed by atoms with E-state index < -0.39 is 10.0 Å². The number of ether oxygens (including phenoxy) is 1. The molecule has 0 aromatic heterocycles. The van der Waals surface area contributed by atoms with Gasteiger partial charge in [-0.15, -0.1) is 0 Å². The van der Waals surface area contributed by atoms with Gasteiger partial charge in [-0.25, -0.2) is 8.42 Å². The van der Waals surface area contributed by atoms with Crippen LogP contribution >= 0.6 is 15.9 Å². The van der Waals surface area contributed by atoms with Crippen molar-refractivity contribution in [1.29, 1.82) is 0 Å². The summed E-state index contributed by atoms with van der Waals surface area (Å²) in [4.78, 5) is 2.55. The van der Waals surface area contributed by atoms with Crippen molar-refractivity contribution in [1.82, 2.24) is 4.31 Å². The normalized spacial score (nSPS) is 15.6.